The fraction of sp³-hybridized carbons (Fsp3) is 0.909. The van der Waals surface area contributed by atoms with Gasteiger partial charge >= 0.3 is 0 Å². The van der Waals surface area contributed by atoms with Crippen LogP contribution < -0.4 is 5.32 Å². The van der Waals surface area contributed by atoms with E-state index in [1.807, 2.05) is 11.9 Å². The molecule has 0 aliphatic carbocycles. The third kappa shape index (κ3) is 2.32. The number of hydrogen-bond acceptors (Lipinski definition) is 3. The molecule has 86 valence electrons. The van der Waals surface area contributed by atoms with E-state index in [-0.39, 0.29) is 12.0 Å². The standard InChI is InChI=1S/C11H20N2O2/c1-12-6-4-9-5-7-13(9)11(14)10-3-2-8-15-10/h9-10,12H,2-8H2,1H3. The molecule has 2 unspecified atom stereocenters. The molecule has 0 aromatic heterocycles. The van der Waals surface area contributed by atoms with Gasteiger partial charge in [-0.25, -0.2) is 0 Å². The highest BCUT2D eigenvalue weighted by molar-refractivity contribution is 5.82. The van der Waals surface area contributed by atoms with Gasteiger partial charge in [-0.1, -0.05) is 0 Å². The van der Waals surface area contributed by atoms with E-state index in [0.29, 0.717) is 6.04 Å². The van der Waals surface area contributed by atoms with Crippen LogP contribution in [-0.4, -0.2) is 49.7 Å². The van der Waals surface area contributed by atoms with Crippen LogP contribution >= 0.6 is 0 Å². The van der Waals surface area contributed by atoms with Gasteiger partial charge in [-0.3, -0.25) is 4.79 Å². The zero-order valence-electron chi connectivity index (χ0n) is 9.37. The molecule has 15 heavy (non-hydrogen) atoms. The number of carbonyl (C=O) groups is 1. The molecule has 2 aliphatic rings. The number of nitrogens with zero attached hydrogens (tertiary/aromatic N) is 1. The van der Waals surface area contributed by atoms with Gasteiger partial charge in [0.1, 0.15) is 6.10 Å². The van der Waals surface area contributed by atoms with Crippen LogP contribution in [0.4, 0.5) is 0 Å². The summed E-state index contributed by atoms with van der Waals surface area (Å²) >= 11 is 0. The zero-order chi connectivity index (χ0) is 10.7. The van der Waals surface area contributed by atoms with Gasteiger partial charge in [-0.05, 0) is 39.3 Å². The fourth-order valence-electron chi connectivity index (χ4n) is 2.30. The second-order valence-electron chi connectivity index (χ2n) is 4.37. The van der Waals surface area contributed by atoms with Crippen LogP contribution in [-0.2, 0) is 9.53 Å². The molecule has 0 bridgehead atoms. The first-order valence-corrected chi connectivity index (χ1v) is 5.89. The van der Waals surface area contributed by atoms with Gasteiger partial charge in [0.2, 0.25) is 0 Å². The molecule has 2 heterocycles. The maximum absolute atomic E-state index is 12.0. The molecule has 0 saturated carbocycles. The third-order valence-corrected chi connectivity index (χ3v) is 3.36. The Kier molecular flexibility index (Phi) is 3.59. The Bertz CT molecular complexity index is 227. The molecule has 1 amide bonds. The lowest BCUT2D eigenvalue weighted by Crippen LogP contribution is -2.55. The summed E-state index contributed by atoms with van der Waals surface area (Å²) in [6.07, 6.45) is 4.02. The second kappa shape index (κ2) is 4.94. The normalized spacial score (nSPS) is 30.3. The summed E-state index contributed by atoms with van der Waals surface area (Å²) in [7, 11) is 1.95. The van der Waals surface area contributed by atoms with Crippen LogP contribution in [0.2, 0.25) is 0 Å². The first kappa shape index (κ1) is 10.9. The smallest absolute Gasteiger partial charge is 0.251 e. The minimum absolute atomic E-state index is 0.137. The molecule has 0 aromatic carbocycles. The lowest BCUT2D eigenvalue weighted by molar-refractivity contribution is -0.149. The third-order valence-electron chi connectivity index (χ3n) is 3.36. The number of hydrogen-bond donors (Lipinski definition) is 1. The zero-order valence-corrected chi connectivity index (χ0v) is 9.37. The Hall–Kier alpha value is -0.610. The lowest BCUT2D eigenvalue weighted by atomic mass is 9.98. The Labute approximate surface area is 91.0 Å². The van der Waals surface area contributed by atoms with E-state index in [9.17, 15) is 4.79 Å². The van der Waals surface area contributed by atoms with Crippen molar-refractivity contribution in [2.24, 2.45) is 0 Å². The molecular formula is C11H20N2O2. The highest BCUT2D eigenvalue weighted by Crippen LogP contribution is 2.24. The van der Waals surface area contributed by atoms with Crippen molar-refractivity contribution in [1.82, 2.24) is 10.2 Å². The fourth-order valence-corrected chi connectivity index (χ4v) is 2.30. The first-order valence-electron chi connectivity index (χ1n) is 5.89. The average Bonchev–Trinajstić information content (AvgIpc) is 2.69. The molecule has 4 heteroatoms. The molecule has 1 N–H and O–H groups in total. The number of rotatable bonds is 4. The van der Waals surface area contributed by atoms with Crippen molar-refractivity contribution < 1.29 is 9.53 Å². The predicted octanol–water partition coefficient (Wildman–Crippen LogP) is 0.376. The minimum Gasteiger partial charge on any atom is -0.368 e. The van der Waals surface area contributed by atoms with E-state index in [0.717, 1.165) is 45.4 Å². The molecule has 2 aliphatic heterocycles. The predicted molar refractivity (Wildman–Crippen MR) is 57.6 cm³/mol. The van der Waals surface area contributed by atoms with Gasteiger partial charge in [0.15, 0.2) is 0 Å². The van der Waals surface area contributed by atoms with Crippen molar-refractivity contribution in [2.75, 3.05) is 26.7 Å². The average molecular weight is 212 g/mol. The summed E-state index contributed by atoms with van der Waals surface area (Å²) in [6.45, 7) is 2.67. The second-order valence-corrected chi connectivity index (χ2v) is 4.37. The molecule has 2 rings (SSSR count). The largest absolute Gasteiger partial charge is 0.368 e. The summed E-state index contributed by atoms with van der Waals surface area (Å²) in [5.74, 6) is 0.222. The van der Waals surface area contributed by atoms with Crippen molar-refractivity contribution >= 4 is 5.91 Å². The van der Waals surface area contributed by atoms with E-state index in [2.05, 4.69) is 5.32 Å². The SMILES string of the molecule is CNCCC1CCN1C(=O)C1CCCO1. The molecule has 0 radical (unpaired) electrons. The molecule has 0 spiro atoms. The van der Waals surface area contributed by atoms with Crippen molar-refractivity contribution in [3.8, 4) is 0 Å². The van der Waals surface area contributed by atoms with E-state index in [1.165, 1.54) is 0 Å². The summed E-state index contributed by atoms with van der Waals surface area (Å²) in [5.41, 5.74) is 0. The van der Waals surface area contributed by atoms with Crippen molar-refractivity contribution in [3.05, 3.63) is 0 Å². The van der Waals surface area contributed by atoms with Gasteiger partial charge < -0.3 is 15.0 Å². The Balaban J connectivity index is 1.79. The number of ether oxygens (including phenoxy) is 1. The molecule has 2 fully saturated rings. The summed E-state index contributed by atoms with van der Waals surface area (Å²) < 4.78 is 5.42. The summed E-state index contributed by atoms with van der Waals surface area (Å²) in [6, 6.07) is 0.453. The van der Waals surface area contributed by atoms with Crippen LogP contribution in [0.1, 0.15) is 25.7 Å². The molecular weight excluding hydrogens is 192 g/mol. The van der Waals surface area contributed by atoms with Crippen LogP contribution in [0.5, 0.6) is 0 Å². The van der Waals surface area contributed by atoms with Crippen LogP contribution in [0.15, 0.2) is 0 Å². The van der Waals surface area contributed by atoms with Crippen molar-refractivity contribution in [1.29, 1.82) is 0 Å². The number of amides is 1. The van der Waals surface area contributed by atoms with Crippen LogP contribution in [0.25, 0.3) is 0 Å². The maximum atomic E-state index is 12.0. The first-order chi connectivity index (χ1) is 7.33. The van der Waals surface area contributed by atoms with Crippen molar-refractivity contribution in [3.63, 3.8) is 0 Å². The van der Waals surface area contributed by atoms with Gasteiger partial charge in [0, 0.05) is 19.2 Å². The summed E-state index contributed by atoms with van der Waals surface area (Å²) in [4.78, 5) is 14.0. The molecule has 2 saturated heterocycles. The number of carbonyl (C=O) groups excluding carboxylic acids is 1. The quantitative estimate of drug-likeness (QED) is 0.732. The van der Waals surface area contributed by atoms with E-state index in [1.54, 1.807) is 0 Å². The Morgan fingerprint density at radius 1 is 1.53 bits per heavy atom. The van der Waals surface area contributed by atoms with E-state index >= 15 is 0 Å². The van der Waals surface area contributed by atoms with E-state index in [4.69, 9.17) is 4.74 Å². The lowest BCUT2D eigenvalue weighted by Gasteiger charge is -2.42. The van der Waals surface area contributed by atoms with E-state index < -0.39 is 0 Å². The highest BCUT2D eigenvalue weighted by atomic mass is 16.5. The maximum Gasteiger partial charge on any atom is 0.251 e. The van der Waals surface area contributed by atoms with Gasteiger partial charge in [0.25, 0.3) is 5.91 Å². The van der Waals surface area contributed by atoms with Crippen LogP contribution in [0.3, 0.4) is 0 Å². The topological polar surface area (TPSA) is 41.6 Å². The Morgan fingerprint density at radius 3 is 2.93 bits per heavy atom. The van der Waals surface area contributed by atoms with Gasteiger partial charge in [0.05, 0.1) is 0 Å². The van der Waals surface area contributed by atoms with Crippen LogP contribution in [0, 0.1) is 0 Å². The number of nitrogens with one attached hydrogen (secondary N) is 1. The minimum atomic E-state index is -0.137. The summed E-state index contributed by atoms with van der Waals surface area (Å²) in [5, 5.41) is 3.13. The molecule has 4 nitrogen and oxygen atoms in total. The molecule has 0 aromatic rings. The number of likely N-dealkylation sites (tertiary alicyclic amines) is 1. The molecule has 2 atom stereocenters. The van der Waals surface area contributed by atoms with Gasteiger partial charge in [-0.15, -0.1) is 0 Å². The monoisotopic (exact) mass is 212 g/mol. The Morgan fingerprint density at radius 2 is 2.40 bits per heavy atom. The van der Waals surface area contributed by atoms with Crippen molar-refractivity contribution in [2.45, 2.75) is 37.8 Å². The van der Waals surface area contributed by atoms with Gasteiger partial charge in [-0.2, -0.15) is 0 Å². The highest BCUT2D eigenvalue weighted by Gasteiger charge is 2.36.